The fourth-order valence-corrected chi connectivity index (χ4v) is 2.20. The summed E-state index contributed by atoms with van der Waals surface area (Å²) >= 11 is 0. The maximum Gasteiger partial charge on any atom is 0.319 e. The van der Waals surface area contributed by atoms with E-state index >= 15 is 0 Å². The quantitative estimate of drug-likeness (QED) is 0.888. The molecule has 1 fully saturated rings. The number of anilines is 1. The molecular formula is C14H18FN3O2. The Morgan fingerprint density at radius 2 is 2.00 bits per heavy atom. The first-order valence-corrected chi connectivity index (χ1v) is 6.68. The lowest BCUT2D eigenvalue weighted by Crippen LogP contribution is -2.47. The van der Waals surface area contributed by atoms with Crippen molar-refractivity contribution in [3.63, 3.8) is 0 Å². The number of rotatable bonds is 3. The van der Waals surface area contributed by atoms with E-state index in [0.717, 1.165) is 25.9 Å². The molecule has 2 rings (SSSR count). The highest BCUT2D eigenvalue weighted by Gasteiger charge is 2.24. The second-order valence-corrected chi connectivity index (χ2v) is 4.86. The van der Waals surface area contributed by atoms with Gasteiger partial charge in [0, 0.05) is 18.8 Å². The molecule has 1 heterocycles. The van der Waals surface area contributed by atoms with Crippen LogP contribution >= 0.6 is 0 Å². The molecule has 108 valence electrons. The molecule has 0 aliphatic carbocycles. The van der Waals surface area contributed by atoms with Crippen LogP contribution in [-0.4, -0.2) is 36.0 Å². The average Bonchev–Trinajstić information content (AvgIpc) is 2.91. The second-order valence-electron chi connectivity index (χ2n) is 4.86. The Labute approximate surface area is 117 Å². The standard InChI is InChI=1S/C14H18FN3O2/c1-10(13(19)18-7-2-3-8-18)16-14(20)17-12-6-4-5-11(15)9-12/h4-6,9-10H,2-3,7-8H2,1H3,(H2,16,17,20)/t10-/m0/s1. The first kappa shape index (κ1) is 14.3. The molecule has 1 saturated heterocycles. The molecule has 0 unspecified atom stereocenters. The van der Waals surface area contributed by atoms with Crippen molar-refractivity contribution >= 4 is 17.6 Å². The summed E-state index contributed by atoms with van der Waals surface area (Å²) in [4.78, 5) is 25.5. The third-order valence-electron chi connectivity index (χ3n) is 3.22. The van der Waals surface area contributed by atoms with E-state index in [-0.39, 0.29) is 5.91 Å². The summed E-state index contributed by atoms with van der Waals surface area (Å²) in [5.74, 6) is -0.513. The van der Waals surface area contributed by atoms with Gasteiger partial charge in [-0.05, 0) is 38.0 Å². The van der Waals surface area contributed by atoms with Gasteiger partial charge in [-0.3, -0.25) is 4.79 Å². The van der Waals surface area contributed by atoms with Crippen LogP contribution in [0.2, 0.25) is 0 Å². The minimum atomic E-state index is -0.596. The zero-order valence-corrected chi connectivity index (χ0v) is 11.4. The number of nitrogens with one attached hydrogen (secondary N) is 2. The molecule has 2 N–H and O–H groups in total. The molecule has 3 amide bonds. The van der Waals surface area contributed by atoms with Gasteiger partial charge < -0.3 is 15.5 Å². The fourth-order valence-electron chi connectivity index (χ4n) is 2.20. The fraction of sp³-hybridized carbons (Fsp3) is 0.429. The Bertz CT molecular complexity index is 501. The van der Waals surface area contributed by atoms with Crippen molar-refractivity contribution in [2.45, 2.75) is 25.8 Å². The van der Waals surface area contributed by atoms with Gasteiger partial charge in [0.2, 0.25) is 5.91 Å². The van der Waals surface area contributed by atoms with Crippen molar-refractivity contribution in [1.82, 2.24) is 10.2 Å². The van der Waals surface area contributed by atoms with Gasteiger partial charge in [-0.25, -0.2) is 9.18 Å². The van der Waals surface area contributed by atoms with E-state index < -0.39 is 17.9 Å². The summed E-state index contributed by atoms with van der Waals surface area (Å²) in [5, 5.41) is 5.06. The summed E-state index contributed by atoms with van der Waals surface area (Å²) in [7, 11) is 0. The summed E-state index contributed by atoms with van der Waals surface area (Å²) in [6.45, 7) is 3.14. The van der Waals surface area contributed by atoms with Gasteiger partial charge in [-0.1, -0.05) is 6.07 Å². The number of likely N-dealkylation sites (tertiary alicyclic amines) is 1. The van der Waals surface area contributed by atoms with Gasteiger partial charge in [0.15, 0.2) is 0 Å². The summed E-state index contributed by atoms with van der Waals surface area (Å²) < 4.78 is 13.0. The van der Waals surface area contributed by atoms with Crippen LogP contribution in [0.4, 0.5) is 14.9 Å². The normalized spacial score (nSPS) is 15.8. The third kappa shape index (κ3) is 3.69. The largest absolute Gasteiger partial charge is 0.341 e. The minimum Gasteiger partial charge on any atom is -0.341 e. The number of benzene rings is 1. The number of urea groups is 1. The number of hydrogen-bond acceptors (Lipinski definition) is 2. The third-order valence-corrected chi connectivity index (χ3v) is 3.22. The van der Waals surface area contributed by atoms with Crippen LogP contribution in [0.15, 0.2) is 24.3 Å². The molecule has 1 aromatic rings. The average molecular weight is 279 g/mol. The number of carbonyl (C=O) groups is 2. The van der Waals surface area contributed by atoms with Gasteiger partial charge in [0.1, 0.15) is 11.9 Å². The van der Waals surface area contributed by atoms with E-state index in [1.807, 2.05) is 0 Å². The van der Waals surface area contributed by atoms with Crippen LogP contribution in [0, 0.1) is 5.82 Å². The molecule has 1 atom stereocenters. The maximum atomic E-state index is 13.0. The van der Waals surface area contributed by atoms with Gasteiger partial charge in [0.25, 0.3) is 0 Å². The predicted octanol–water partition coefficient (Wildman–Crippen LogP) is 1.96. The van der Waals surface area contributed by atoms with Gasteiger partial charge in [-0.2, -0.15) is 0 Å². The van der Waals surface area contributed by atoms with E-state index in [2.05, 4.69) is 10.6 Å². The topological polar surface area (TPSA) is 61.4 Å². The molecule has 0 radical (unpaired) electrons. The molecule has 6 heteroatoms. The lowest BCUT2D eigenvalue weighted by Gasteiger charge is -2.21. The number of nitrogens with zero attached hydrogens (tertiary/aromatic N) is 1. The van der Waals surface area contributed by atoms with Crippen molar-refractivity contribution in [3.05, 3.63) is 30.1 Å². The highest BCUT2D eigenvalue weighted by atomic mass is 19.1. The Morgan fingerprint density at radius 1 is 1.30 bits per heavy atom. The SMILES string of the molecule is C[C@H](NC(=O)Nc1cccc(F)c1)C(=O)N1CCCC1. The van der Waals surface area contributed by atoms with E-state index in [1.54, 1.807) is 17.9 Å². The van der Waals surface area contributed by atoms with E-state index in [0.29, 0.717) is 5.69 Å². The van der Waals surface area contributed by atoms with E-state index in [4.69, 9.17) is 0 Å². The molecule has 0 saturated carbocycles. The first-order valence-electron chi connectivity index (χ1n) is 6.68. The van der Waals surface area contributed by atoms with Crippen molar-refractivity contribution in [3.8, 4) is 0 Å². The van der Waals surface area contributed by atoms with Crippen LogP contribution in [0.1, 0.15) is 19.8 Å². The van der Waals surface area contributed by atoms with Crippen LogP contribution < -0.4 is 10.6 Å². The lowest BCUT2D eigenvalue weighted by molar-refractivity contribution is -0.131. The number of carbonyl (C=O) groups excluding carboxylic acids is 2. The molecule has 0 bridgehead atoms. The number of hydrogen-bond donors (Lipinski definition) is 2. The van der Waals surface area contributed by atoms with Crippen molar-refractivity contribution < 1.29 is 14.0 Å². The molecule has 0 aromatic heterocycles. The lowest BCUT2D eigenvalue weighted by atomic mass is 10.3. The summed E-state index contributed by atoms with van der Waals surface area (Å²) in [6.07, 6.45) is 2.02. The Kier molecular flexibility index (Phi) is 4.55. The maximum absolute atomic E-state index is 13.0. The highest BCUT2D eigenvalue weighted by Crippen LogP contribution is 2.10. The van der Waals surface area contributed by atoms with Gasteiger partial charge in [0.05, 0.1) is 0 Å². The first-order chi connectivity index (χ1) is 9.56. The molecule has 1 aliphatic heterocycles. The zero-order valence-electron chi connectivity index (χ0n) is 11.4. The Balaban J connectivity index is 1.85. The molecule has 0 spiro atoms. The zero-order chi connectivity index (χ0) is 14.5. The monoisotopic (exact) mass is 279 g/mol. The Morgan fingerprint density at radius 3 is 2.65 bits per heavy atom. The van der Waals surface area contributed by atoms with Gasteiger partial charge in [-0.15, -0.1) is 0 Å². The highest BCUT2D eigenvalue weighted by molar-refractivity contribution is 5.93. The molecule has 1 aliphatic rings. The summed E-state index contributed by atoms with van der Waals surface area (Å²) in [6, 6.07) is 4.48. The second kappa shape index (κ2) is 6.36. The van der Waals surface area contributed by atoms with Gasteiger partial charge >= 0.3 is 6.03 Å². The van der Waals surface area contributed by atoms with Crippen molar-refractivity contribution in [2.75, 3.05) is 18.4 Å². The number of halogens is 1. The molecule has 5 nitrogen and oxygen atoms in total. The van der Waals surface area contributed by atoms with E-state index in [9.17, 15) is 14.0 Å². The van der Waals surface area contributed by atoms with Crippen LogP contribution in [0.3, 0.4) is 0 Å². The number of amides is 3. The van der Waals surface area contributed by atoms with Crippen molar-refractivity contribution in [2.24, 2.45) is 0 Å². The molecular weight excluding hydrogens is 261 g/mol. The molecule has 1 aromatic carbocycles. The van der Waals surface area contributed by atoms with Crippen LogP contribution in [0.25, 0.3) is 0 Å². The van der Waals surface area contributed by atoms with Crippen LogP contribution in [0.5, 0.6) is 0 Å². The van der Waals surface area contributed by atoms with Crippen LogP contribution in [-0.2, 0) is 4.79 Å². The van der Waals surface area contributed by atoms with E-state index in [1.165, 1.54) is 18.2 Å². The summed E-state index contributed by atoms with van der Waals surface area (Å²) in [5.41, 5.74) is 0.350. The van der Waals surface area contributed by atoms with Crippen molar-refractivity contribution in [1.29, 1.82) is 0 Å². The molecule has 20 heavy (non-hydrogen) atoms. The predicted molar refractivity (Wildman–Crippen MR) is 73.8 cm³/mol. The Hall–Kier alpha value is -2.11. The smallest absolute Gasteiger partial charge is 0.319 e. The minimum absolute atomic E-state index is 0.0862.